The summed E-state index contributed by atoms with van der Waals surface area (Å²) in [7, 11) is 0. The van der Waals surface area contributed by atoms with Gasteiger partial charge >= 0.3 is 5.97 Å². The van der Waals surface area contributed by atoms with Gasteiger partial charge in [-0.2, -0.15) is 0 Å². The summed E-state index contributed by atoms with van der Waals surface area (Å²) in [6.45, 7) is 0.195. The van der Waals surface area contributed by atoms with E-state index < -0.39 is 0 Å². The Morgan fingerprint density at radius 2 is 1.76 bits per heavy atom. The van der Waals surface area contributed by atoms with E-state index in [0.717, 1.165) is 47.1 Å². The average Bonchev–Trinajstić information content (AvgIpc) is 2.56. The molecule has 134 valence electrons. The van der Waals surface area contributed by atoms with Crippen molar-refractivity contribution in [2.75, 3.05) is 6.54 Å². The van der Waals surface area contributed by atoms with Gasteiger partial charge in [-0.3, -0.25) is 9.59 Å². The molecule has 5 rings (SSSR count). The van der Waals surface area contributed by atoms with Gasteiger partial charge in [0.25, 0.3) is 0 Å². The van der Waals surface area contributed by atoms with E-state index in [0.29, 0.717) is 0 Å². The Balaban J connectivity index is 1.28. The van der Waals surface area contributed by atoms with Crippen LogP contribution in [0.5, 0.6) is 0 Å². The van der Waals surface area contributed by atoms with Crippen molar-refractivity contribution in [1.29, 1.82) is 0 Å². The molecule has 4 fully saturated rings. The van der Waals surface area contributed by atoms with Crippen LogP contribution in [0.15, 0.2) is 28.7 Å². The van der Waals surface area contributed by atoms with Gasteiger partial charge in [0, 0.05) is 9.89 Å². The first kappa shape index (κ1) is 17.1. The van der Waals surface area contributed by atoms with Gasteiger partial charge in [0.05, 0.1) is 0 Å². The van der Waals surface area contributed by atoms with Crippen LogP contribution in [0.25, 0.3) is 0 Å². The number of carbonyl (C=O) groups excluding carboxylic acids is 2. The summed E-state index contributed by atoms with van der Waals surface area (Å²) in [5.74, 6) is 1.87. The Hall–Kier alpha value is -1.36. The third kappa shape index (κ3) is 3.62. The predicted molar refractivity (Wildman–Crippen MR) is 97.6 cm³/mol. The Kier molecular flexibility index (Phi) is 4.61. The zero-order valence-corrected chi connectivity index (χ0v) is 15.9. The zero-order valence-electron chi connectivity index (χ0n) is 14.3. The summed E-state index contributed by atoms with van der Waals surface area (Å²) in [5.41, 5.74) is 0.717. The lowest BCUT2D eigenvalue weighted by Crippen LogP contribution is -2.54. The molecule has 1 N–H and O–H groups in total. The fourth-order valence-electron chi connectivity index (χ4n) is 5.57. The lowest BCUT2D eigenvalue weighted by atomic mass is 9.49. The van der Waals surface area contributed by atoms with Crippen LogP contribution in [-0.2, 0) is 20.9 Å². The zero-order chi connectivity index (χ0) is 17.4. The fourth-order valence-corrected chi connectivity index (χ4v) is 6.02. The molecule has 4 aliphatic carbocycles. The first-order valence-electron chi connectivity index (χ1n) is 9.21. The van der Waals surface area contributed by atoms with Gasteiger partial charge in [-0.25, -0.2) is 0 Å². The van der Waals surface area contributed by atoms with Crippen molar-refractivity contribution in [3.8, 4) is 0 Å². The molecular weight excluding hydrogens is 382 g/mol. The van der Waals surface area contributed by atoms with Gasteiger partial charge in [0.2, 0.25) is 5.91 Å². The van der Waals surface area contributed by atoms with Crippen molar-refractivity contribution < 1.29 is 14.3 Å². The minimum Gasteiger partial charge on any atom is -0.460 e. The number of halogens is 1. The highest BCUT2D eigenvalue weighted by atomic mass is 79.9. The van der Waals surface area contributed by atoms with E-state index in [4.69, 9.17) is 4.74 Å². The molecule has 0 aliphatic heterocycles. The first-order chi connectivity index (χ1) is 12.0. The van der Waals surface area contributed by atoms with E-state index >= 15 is 0 Å². The van der Waals surface area contributed by atoms with Crippen molar-refractivity contribution >= 4 is 27.8 Å². The average molecular weight is 406 g/mol. The summed E-state index contributed by atoms with van der Waals surface area (Å²) >= 11 is 3.40. The van der Waals surface area contributed by atoms with Gasteiger partial charge < -0.3 is 10.1 Å². The maximum Gasteiger partial charge on any atom is 0.325 e. The monoisotopic (exact) mass is 405 g/mol. The molecular formula is C20H24BrNO3. The van der Waals surface area contributed by atoms with Crippen molar-refractivity contribution in [3.63, 3.8) is 0 Å². The van der Waals surface area contributed by atoms with Crippen LogP contribution in [0.1, 0.15) is 44.1 Å². The summed E-state index contributed by atoms with van der Waals surface area (Å²) in [5, 5.41) is 2.86. The number of amides is 1. The van der Waals surface area contributed by atoms with Crippen molar-refractivity contribution in [3.05, 3.63) is 34.3 Å². The molecule has 0 unspecified atom stereocenters. The standard InChI is InChI=1S/C20H24BrNO3/c21-17-3-1-2-13(7-17)12-25-18(23)11-22-19(24)20-8-14-4-15(9-20)6-16(5-14)10-20/h1-3,7,14-16H,4-6,8-12H2,(H,22,24). The highest BCUT2D eigenvalue weighted by Crippen LogP contribution is 2.60. The molecule has 0 aromatic heterocycles. The molecule has 1 amide bonds. The first-order valence-corrected chi connectivity index (χ1v) is 10.00. The second kappa shape index (κ2) is 6.75. The number of carbonyl (C=O) groups is 2. The summed E-state index contributed by atoms with van der Waals surface area (Å²) < 4.78 is 6.23. The SMILES string of the molecule is O=C(CNC(=O)C12CC3CC(CC(C3)C1)C2)OCc1cccc(Br)c1. The fraction of sp³-hybridized carbons (Fsp3) is 0.600. The molecule has 25 heavy (non-hydrogen) atoms. The summed E-state index contributed by atoms with van der Waals surface area (Å²) in [6, 6.07) is 7.66. The van der Waals surface area contributed by atoms with Crippen molar-refractivity contribution in [2.24, 2.45) is 23.2 Å². The minimum atomic E-state index is -0.377. The van der Waals surface area contributed by atoms with E-state index in [1.54, 1.807) is 0 Å². The molecule has 4 nitrogen and oxygen atoms in total. The minimum absolute atomic E-state index is 0.0331. The Morgan fingerprint density at radius 1 is 1.12 bits per heavy atom. The molecule has 0 radical (unpaired) electrons. The van der Waals surface area contributed by atoms with Crippen LogP contribution in [0, 0.1) is 23.2 Å². The molecule has 0 heterocycles. The third-order valence-electron chi connectivity index (χ3n) is 6.20. The third-order valence-corrected chi connectivity index (χ3v) is 6.70. The summed E-state index contributed by atoms with van der Waals surface area (Å²) in [6.07, 6.45) is 6.96. The smallest absolute Gasteiger partial charge is 0.325 e. The van der Waals surface area contributed by atoms with Crippen LogP contribution in [0.3, 0.4) is 0 Å². The molecule has 4 aliphatic rings. The number of esters is 1. The second-order valence-electron chi connectivity index (χ2n) is 8.17. The maximum absolute atomic E-state index is 12.8. The summed E-state index contributed by atoms with van der Waals surface area (Å²) in [4.78, 5) is 24.8. The molecule has 1 aromatic carbocycles. The topological polar surface area (TPSA) is 55.4 Å². The second-order valence-corrected chi connectivity index (χ2v) is 9.09. The Labute approximate surface area is 156 Å². The number of hydrogen-bond donors (Lipinski definition) is 1. The lowest BCUT2D eigenvalue weighted by Gasteiger charge is -2.55. The van der Waals surface area contributed by atoms with Crippen LogP contribution in [0.2, 0.25) is 0 Å². The maximum atomic E-state index is 12.8. The number of nitrogens with one attached hydrogen (secondary N) is 1. The van der Waals surface area contributed by atoms with Crippen LogP contribution in [0.4, 0.5) is 0 Å². The molecule has 0 atom stereocenters. The van der Waals surface area contributed by atoms with Crippen LogP contribution < -0.4 is 5.32 Å². The number of benzene rings is 1. The largest absolute Gasteiger partial charge is 0.460 e. The van der Waals surface area contributed by atoms with E-state index in [1.165, 1.54) is 19.3 Å². The van der Waals surface area contributed by atoms with Crippen molar-refractivity contribution in [1.82, 2.24) is 5.32 Å². The van der Waals surface area contributed by atoms with Gasteiger partial charge in [-0.15, -0.1) is 0 Å². The van der Waals surface area contributed by atoms with Gasteiger partial charge in [-0.1, -0.05) is 28.1 Å². The normalized spacial score (nSPS) is 32.4. The Bertz CT molecular complexity index is 652. The van der Waals surface area contributed by atoms with Crippen LogP contribution >= 0.6 is 15.9 Å². The van der Waals surface area contributed by atoms with Gasteiger partial charge in [0.1, 0.15) is 13.2 Å². The van der Waals surface area contributed by atoms with Gasteiger partial charge in [0.15, 0.2) is 0 Å². The van der Waals surface area contributed by atoms with Gasteiger partial charge in [-0.05, 0) is 74.0 Å². The molecule has 0 spiro atoms. The van der Waals surface area contributed by atoms with E-state index in [-0.39, 0.29) is 30.4 Å². The number of rotatable bonds is 5. The van der Waals surface area contributed by atoms with Crippen LogP contribution in [-0.4, -0.2) is 18.4 Å². The Morgan fingerprint density at radius 3 is 2.36 bits per heavy atom. The molecule has 5 heteroatoms. The quantitative estimate of drug-likeness (QED) is 0.757. The highest BCUT2D eigenvalue weighted by molar-refractivity contribution is 9.10. The molecule has 4 bridgehead atoms. The molecule has 4 saturated carbocycles. The van der Waals surface area contributed by atoms with E-state index in [9.17, 15) is 9.59 Å². The molecule has 1 aromatic rings. The van der Waals surface area contributed by atoms with E-state index in [2.05, 4.69) is 21.2 Å². The molecule has 0 saturated heterocycles. The highest BCUT2D eigenvalue weighted by Gasteiger charge is 2.54. The predicted octanol–water partition coefficient (Wildman–Crippen LogP) is 3.82. The van der Waals surface area contributed by atoms with Crippen molar-refractivity contribution in [2.45, 2.75) is 45.1 Å². The number of hydrogen-bond acceptors (Lipinski definition) is 3. The van der Waals surface area contributed by atoms with E-state index in [1.807, 2.05) is 24.3 Å². The number of ether oxygens (including phenoxy) is 1. The lowest BCUT2D eigenvalue weighted by molar-refractivity contribution is -0.151.